The standard InChI is InChI=1S/C21H16F3N3S/c1-14-5-4-6-15(11-14)27-18-8-3-2-7-17(18)26-20(27)13-28-16-9-10-25-19(12-16)21(22,23)24/h2-12H,13H2,1H3. The molecule has 0 spiro atoms. The van der Waals surface area contributed by atoms with Gasteiger partial charge >= 0.3 is 6.18 Å². The average Bonchev–Trinajstić information content (AvgIpc) is 3.04. The summed E-state index contributed by atoms with van der Waals surface area (Å²) in [6.45, 7) is 2.02. The lowest BCUT2D eigenvalue weighted by molar-refractivity contribution is -0.141. The summed E-state index contributed by atoms with van der Waals surface area (Å²) >= 11 is 1.31. The number of halogens is 3. The molecular formula is C21H16F3N3S. The molecule has 4 aromatic rings. The molecule has 0 amide bonds. The van der Waals surface area contributed by atoms with E-state index in [2.05, 4.69) is 15.6 Å². The van der Waals surface area contributed by atoms with Crippen molar-refractivity contribution in [1.29, 1.82) is 0 Å². The van der Waals surface area contributed by atoms with Crippen molar-refractivity contribution in [3.63, 3.8) is 0 Å². The Kier molecular flexibility index (Phi) is 4.85. The zero-order chi connectivity index (χ0) is 19.7. The number of nitrogens with zero attached hydrogens (tertiary/aromatic N) is 3. The number of hydrogen-bond donors (Lipinski definition) is 0. The molecule has 0 N–H and O–H groups in total. The van der Waals surface area contributed by atoms with Gasteiger partial charge in [0.25, 0.3) is 0 Å². The van der Waals surface area contributed by atoms with E-state index in [1.807, 2.05) is 49.4 Å². The molecule has 7 heteroatoms. The van der Waals surface area contributed by atoms with Gasteiger partial charge in [0.05, 0.1) is 16.8 Å². The largest absolute Gasteiger partial charge is 0.433 e. The van der Waals surface area contributed by atoms with Crippen LogP contribution in [0.4, 0.5) is 13.2 Å². The zero-order valence-electron chi connectivity index (χ0n) is 14.9. The van der Waals surface area contributed by atoms with Gasteiger partial charge in [-0.1, -0.05) is 24.3 Å². The molecule has 0 saturated carbocycles. The first-order valence-corrected chi connectivity index (χ1v) is 9.60. The number of aromatic nitrogens is 3. The van der Waals surface area contributed by atoms with Crippen LogP contribution in [0.1, 0.15) is 17.1 Å². The van der Waals surface area contributed by atoms with Crippen molar-refractivity contribution in [3.05, 3.63) is 83.9 Å². The normalized spacial score (nSPS) is 11.9. The van der Waals surface area contributed by atoms with Crippen LogP contribution in [0.15, 0.2) is 71.8 Å². The lowest BCUT2D eigenvalue weighted by atomic mass is 10.2. The summed E-state index contributed by atoms with van der Waals surface area (Å²) < 4.78 is 40.8. The Morgan fingerprint density at radius 1 is 1.00 bits per heavy atom. The first kappa shape index (κ1) is 18.6. The van der Waals surface area contributed by atoms with E-state index in [1.165, 1.54) is 18.0 Å². The Morgan fingerprint density at radius 2 is 1.82 bits per heavy atom. The molecule has 0 unspecified atom stereocenters. The van der Waals surface area contributed by atoms with Crippen molar-refractivity contribution in [2.24, 2.45) is 0 Å². The van der Waals surface area contributed by atoms with Crippen LogP contribution >= 0.6 is 11.8 Å². The number of aryl methyl sites for hydroxylation is 1. The van der Waals surface area contributed by atoms with Gasteiger partial charge in [-0.2, -0.15) is 13.2 Å². The van der Waals surface area contributed by atoms with Gasteiger partial charge in [-0.15, -0.1) is 11.8 Å². The Morgan fingerprint density at radius 3 is 2.61 bits per heavy atom. The quantitative estimate of drug-likeness (QED) is 0.392. The number of thioether (sulfide) groups is 1. The van der Waals surface area contributed by atoms with Gasteiger partial charge in [0.2, 0.25) is 0 Å². The summed E-state index contributed by atoms with van der Waals surface area (Å²) in [5.74, 6) is 1.21. The van der Waals surface area contributed by atoms with E-state index >= 15 is 0 Å². The number of fused-ring (bicyclic) bond motifs is 1. The number of rotatable bonds is 4. The van der Waals surface area contributed by atoms with Gasteiger partial charge in [-0.25, -0.2) is 4.98 Å². The maximum Gasteiger partial charge on any atom is 0.433 e. The predicted molar refractivity (Wildman–Crippen MR) is 105 cm³/mol. The van der Waals surface area contributed by atoms with Crippen molar-refractivity contribution in [2.45, 2.75) is 23.7 Å². The second-order valence-electron chi connectivity index (χ2n) is 6.35. The molecule has 2 aromatic carbocycles. The fraction of sp³-hybridized carbons (Fsp3) is 0.143. The van der Waals surface area contributed by atoms with Crippen molar-refractivity contribution in [1.82, 2.24) is 14.5 Å². The fourth-order valence-corrected chi connectivity index (χ4v) is 3.87. The highest BCUT2D eigenvalue weighted by Crippen LogP contribution is 2.32. The maximum absolute atomic E-state index is 12.9. The minimum atomic E-state index is -4.45. The molecule has 4 rings (SSSR count). The summed E-state index contributed by atoms with van der Waals surface area (Å²) in [7, 11) is 0. The number of para-hydroxylation sites is 2. The van der Waals surface area contributed by atoms with Crippen molar-refractivity contribution in [2.75, 3.05) is 0 Å². The molecule has 0 fully saturated rings. The van der Waals surface area contributed by atoms with Crippen LogP contribution in [0.25, 0.3) is 16.7 Å². The number of benzene rings is 2. The van der Waals surface area contributed by atoms with Crippen LogP contribution < -0.4 is 0 Å². The zero-order valence-corrected chi connectivity index (χ0v) is 15.8. The van der Waals surface area contributed by atoms with E-state index in [1.54, 1.807) is 6.07 Å². The van der Waals surface area contributed by atoms with Gasteiger partial charge in [0.1, 0.15) is 11.5 Å². The summed E-state index contributed by atoms with van der Waals surface area (Å²) in [6.07, 6.45) is -3.26. The van der Waals surface area contributed by atoms with E-state index < -0.39 is 11.9 Å². The second-order valence-corrected chi connectivity index (χ2v) is 7.40. The van der Waals surface area contributed by atoms with Crippen LogP contribution in [0.3, 0.4) is 0 Å². The third-order valence-electron chi connectivity index (χ3n) is 4.28. The van der Waals surface area contributed by atoms with Crippen molar-refractivity contribution < 1.29 is 13.2 Å². The van der Waals surface area contributed by atoms with Crippen LogP contribution in [0.5, 0.6) is 0 Å². The Balaban J connectivity index is 1.71. The predicted octanol–water partition coefficient (Wildman–Crippen LogP) is 6.04. The van der Waals surface area contributed by atoms with Gasteiger partial charge in [-0.3, -0.25) is 9.55 Å². The Hall–Kier alpha value is -2.80. The van der Waals surface area contributed by atoms with E-state index in [0.717, 1.165) is 34.2 Å². The second kappa shape index (κ2) is 7.31. The van der Waals surface area contributed by atoms with E-state index in [4.69, 9.17) is 4.98 Å². The van der Waals surface area contributed by atoms with Crippen molar-refractivity contribution in [3.8, 4) is 5.69 Å². The molecule has 2 heterocycles. The highest BCUT2D eigenvalue weighted by atomic mass is 32.2. The summed E-state index contributed by atoms with van der Waals surface area (Å²) in [5.41, 5.74) is 3.04. The fourth-order valence-electron chi connectivity index (χ4n) is 3.03. The molecule has 142 valence electrons. The van der Waals surface area contributed by atoms with Gasteiger partial charge in [0, 0.05) is 16.8 Å². The molecule has 3 nitrogen and oxygen atoms in total. The van der Waals surface area contributed by atoms with E-state index in [-0.39, 0.29) is 0 Å². The SMILES string of the molecule is Cc1cccc(-n2c(CSc3ccnc(C(F)(F)F)c3)nc3ccccc32)c1. The molecular weight excluding hydrogens is 383 g/mol. The number of alkyl halides is 3. The molecule has 0 aliphatic heterocycles. The van der Waals surface area contributed by atoms with Crippen molar-refractivity contribution >= 4 is 22.8 Å². The number of hydrogen-bond acceptors (Lipinski definition) is 3. The van der Waals surface area contributed by atoms with Crippen LogP contribution in [0, 0.1) is 6.92 Å². The first-order valence-electron chi connectivity index (χ1n) is 8.61. The topological polar surface area (TPSA) is 30.7 Å². The third kappa shape index (κ3) is 3.75. The minimum Gasteiger partial charge on any atom is -0.296 e. The molecule has 0 bridgehead atoms. The monoisotopic (exact) mass is 399 g/mol. The lowest BCUT2D eigenvalue weighted by Crippen LogP contribution is -2.07. The maximum atomic E-state index is 12.9. The molecule has 0 aliphatic carbocycles. The lowest BCUT2D eigenvalue weighted by Gasteiger charge is -2.11. The van der Waals surface area contributed by atoms with Gasteiger partial charge in [0.15, 0.2) is 0 Å². The molecule has 2 aromatic heterocycles. The molecule has 0 aliphatic rings. The summed E-state index contributed by atoms with van der Waals surface area (Å²) in [4.78, 5) is 8.63. The third-order valence-corrected chi connectivity index (χ3v) is 5.27. The van der Waals surface area contributed by atoms with Gasteiger partial charge in [-0.05, 0) is 48.9 Å². The Labute approximate surface area is 164 Å². The highest BCUT2D eigenvalue weighted by molar-refractivity contribution is 7.98. The number of pyridine rings is 1. The van der Waals surface area contributed by atoms with Crippen LogP contribution in [0.2, 0.25) is 0 Å². The summed E-state index contributed by atoms with van der Waals surface area (Å²) in [6, 6.07) is 18.5. The number of imidazole rings is 1. The van der Waals surface area contributed by atoms with E-state index in [9.17, 15) is 13.2 Å². The Bertz CT molecular complexity index is 1140. The molecule has 0 atom stereocenters. The van der Waals surface area contributed by atoms with E-state index in [0.29, 0.717) is 10.6 Å². The highest BCUT2D eigenvalue weighted by Gasteiger charge is 2.32. The van der Waals surface area contributed by atoms with Crippen LogP contribution in [-0.2, 0) is 11.9 Å². The molecule has 28 heavy (non-hydrogen) atoms. The average molecular weight is 399 g/mol. The molecule has 0 radical (unpaired) electrons. The van der Waals surface area contributed by atoms with Crippen LogP contribution in [-0.4, -0.2) is 14.5 Å². The summed E-state index contributed by atoms with van der Waals surface area (Å²) in [5, 5.41) is 0. The minimum absolute atomic E-state index is 0.434. The first-order chi connectivity index (χ1) is 13.4. The smallest absolute Gasteiger partial charge is 0.296 e. The molecule has 0 saturated heterocycles. The van der Waals surface area contributed by atoms with Gasteiger partial charge < -0.3 is 0 Å².